The molecule has 1 heterocycles. The van der Waals surface area contributed by atoms with Crippen molar-refractivity contribution in [3.8, 4) is 0 Å². The van der Waals surface area contributed by atoms with Crippen LogP contribution in [-0.4, -0.2) is 23.3 Å². The van der Waals surface area contributed by atoms with Gasteiger partial charge in [-0.2, -0.15) is 0 Å². The number of hydrogen-bond donors (Lipinski definition) is 0. The molecule has 21 heavy (non-hydrogen) atoms. The van der Waals surface area contributed by atoms with Gasteiger partial charge in [0.2, 0.25) is 0 Å². The number of benzene rings is 1. The highest BCUT2D eigenvalue weighted by Crippen LogP contribution is 2.36. The minimum absolute atomic E-state index is 0.0256. The molecule has 0 N–H and O–H groups in total. The second-order valence-corrected chi connectivity index (χ2v) is 7.28. The van der Waals surface area contributed by atoms with Crippen LogP contribution in [0.1, 0.15) is 54.8 Å². The first kappa shape index (κ1) is 15.5. The molecule has 0 aliphatic carbocycles. The molecule has 1 aliphatic rings. The third-order valence-corrected chi connectivity index (χ3v) is 3.95. The highest BCUT2D eigenvalue weighted by Gasteiger charge is 2.39. The van der Waals surface area contributed by atoms with Crippen LogP contribution in [-0.2, 0) is 0 Å². The summed E-state index contributed by atoms with van der Waals surface area (Å²) in [5, 5.41) is 0. The number of carbonyl (C=O) groups excluding carboxylic acids is 2. The normalized spacial score (nSPS) is 15.3. The molecule has 0 atom stereocenters. The van der Waals surface area contributed by atoms with E-state index in [1.165, 1.54) is 4.90 Å². The molecule has 1 aromatic rings. The van der Waals surface area contributed by atoms with Crippen molar-refractivity contribution in [1.29, 1.82) is 0 Å². The van der Waals surface area contributed by atoms with Crippen LogP contribution < -0.4 is 0 Å². The minimum Gasteiger partial charge on any atom is -0.274 e. The summed E-state index contributed by atoms with van der Waals surface area (Å²) in [6, 6.07) is 7.02. The average molecular weight is 285 g/mol. The Morgan fingerprint density at radius 1 is 1.05 bits per heavy atom. The summed E-state index contributed by atoms with van der Waals surface area (Å²) in [6.07, 6.45) is 2.79. The van der Waals surface area contributed by atoms with Crippen molar-refractivity contribution >= 4 is 11.8 Å². The zero-order valence-corrected chi connectivity index (χ0v) is 13.3. The van der Waals surface area contributed by atoms with Crippen LogP contribution in [0, 0.1) is 10.8 Å². The molecule has 3 nitrogen and oxygen atoms in total. The molecule has 0 radical (unpaired) electrons. The van der Waals surface area contributed by atoms with Crippen LogP contribution in [0.3, 0.4) is 0 Å². The Morgan fingerprint density at radius 3 is 1.95 bits per heavy atom. The van der Waals surface area contributed by atoms with Crippen LogP contribution in [0.25, 0.3) is 0 Å². The zero-order valence-electron chi connectivity index (χ0n) is 13.3. The number of fused-ring (bicyclic) bond motifs is 1. The van der Waals surface area contributed by atoms with Gasteiger partial charge in [0.1, 0.15) is 0 Å². The summed E-state index contributed by atoms with van der Waals surface area (Å²) in [5.74, 6) is -0.361. The fourth-order valence-corrected chi connectivity index (χ4v) is 3.17. The Hall–Kier alpha value is -1.90. The van der Waals surface area contributed by atoms with Gasteiger partial charge in [-0.25, -0.2) is 0 Å². The number of allylic oxidation sites excluding steroid dienone is 1. The third-order valence-electron chi connectivity index (χ3n) is 3.95. The van der Waals surface area contributed by atoms with Gasteiger partial charge in [0.05, 0.1) is 11.1 Å². The van der Waals surface area contributed by atoms with Crippen molar-refractivity contribution in [3.63, 3.8) is 0 Å². The lowest BCUT2D eigenvalue weighted by Gasteiger charge is -2.35. The molecular formula is C18H23NO2. The Morgan fingerprint density at radius 2 is 1.52 bits per heavy atom. The van der Waals surface area contributed by atoms with E-state index in [-0.39, 0.29) is 22.6 Å². The van der Waals surface area contributed by atoms with Crippen molar-refractivity contribution in [3.05, 3.63) is 48.0 Å². The molecular weight excluding hydrogens is 262 g/mol. The van der Waals surface area contributed by atoms with E-state index in [0.717, 1.165) is 6.42 Å². The van der Waals surface area contributed by atoms with Crippen LogP contribution in [0.5, 0.6) is 0 Å². The van der Waals surface area contributed by atoms with Crippen LogP contribution >= 0.6 is 0 Å². The van der Waals surface area contributed by atoms with Crippen molar-refractivity contribution < 1.29 is 9.59 Å². The number of rotatable bonds is 5. The van der Waals surface area contributed by atoms with Gasteiger partial charge < -0.3 is 0 Å². The Bertz CT molecular complexity index is 564. The molecule has 3 heteroatoms. The molecule has 112 valence electrons. The van der Waals surface area contributed by atoms with Crippen LogP contribution in [0.15, 0.2) is 36.9 Å². The number of amides is 2. The first-order chi connectivity index (χ1) is 9.67. The van der Waals surface area contributed by atoms with Gasteiger partial charge in [-0.3, -0.25) is 14.5 Å². The van der Waals surface area contributed by atoms with Gasteiger partial charge in [-0.05, 0) is 29.4 Å². The first-order valence-electron chi connectivity index (χ1n) is 7.26. The number of hydrogen-bond acceptors (Lipinski definition) is 2. The van der Waals surface area contributed by atoms with E-state index in [0.29, 0.717) is 17.7 Å². The maximum Gasteiger partial charge on any atom is 0.261 e. The van der Waals surface area contributed by atoms with Gasteiger partial charge in [0.25, 0.3) is 11.8 Å². The van der Waals surface area contributed by atoms with Crippen LogP contribution in [0.2, 0.25) is 0 Å². The SMILES string of the molecule is C=CC(C)(C)CC(C)(C)CN1C(=O)c2ccccc2C1=O. The average Bonchev–Trinajstić information content (AvgIpc) is 2.63. The third kappa shape index (κ3) is 3.07. The van der Waals surface area contributed by atoms with Gasteiger partial charge >= 0.3 is 0 Å². The highest BCUT2D eigenvalue weighted by molar-refractivity contribution is 6.21. The smallest absolute Gasteiger partial charge is 0.261 e. The molecule has 0 saturated carbocycles. The zero-order chi connectivity index (χ0) is 15.8. The fraction of sp³-hybridized carbons (Fsp3) is 0.444. The van der Waals surface area contributed by atoms with Crippen molar-refractivity contribution in [2.75, 3.05) is 6.54 Å². The lowest BCUT2D eigenvalue weighted by atomic mass is 9.75. The highest BCUT2D eigenvalue weighted by atomic mass is 16.2. The predicted molar refractivity (Wildman–Crippen MR) is 84.2 cm³/mol. The Balaban J connectivity index is 2.20. The number of carbonyl (C=O) groups is 2. The molecule has 1 aromatic carbocycles. The summed E-state index contributed by atoms with van der Waals surface area (Å²) < 4.78 is 0. The summed E-state index contributed by atoms with van der Waals surface area (Å²) in [7, 11) is 0. The van der Waals surface area contributed by atoms with E-state index in [4.69, 9.17) is 0 Å². The molecule has 0 aromatic heterocycles. The molecule has 0 bridgehead atoms. The lowest BCUT2D eigenvalue weighted by Crippen LogP contribution is -2.40. The predicted octanol–water partition coefficient (Wildman–Crippen LogP) is 3.91. The summed E-state index contributed by atoms with van der Waals surface area (Å²) in [6.45, 7) is 12.7. The number of nitrogens with zero attached hydrogens (tertiary/aromatic N) is 1. The quantitative estimate of drug-likeness (QED) is 0.607. The van der Waals surface area contributed by atoms with E-state index in [1.807, 2.05) is 6.08 Å². The van der Waals surface area contributed by atoms with Gasteiger partial charge in [0.15, 0.2) is 0 Å². The van der Waals surface area contributed by atoms with E-state index in [1.54, 1.807) is 24.3 Å². The monoisotopic (exact) mass is 285 g/mol. The lowest BCUT2D eigenvalue weighted by molar-refractivity contribution is 0.0562. The van der Waals surface area contributed by atoms with Gasteiger partial charge in [0, 0.05) is 6.54 Å². The van der Waals surface area contributed by atoms with E-state index < -0.39 is 0 Å². The molecule has 0 spiro atoms. The molecule has 2 amide bonds. The first-order valence-corrected chi connectivity index (χ1v) is 7.26. The molecule has 0 unspecified atom stereocenters. The largest absolute Gasteiger partial charge is 0.274 e. The minimum atomic E-state index is -0.180. The molecule has 2 rings (SSSR count). The van der Waals surface area contributed by atoms with E-state index >= 15 is 0 Å². The van der Waals surface area contributed by atoms with Crippen molar-refractivity contribution in [1.82, 2.24) is 4.90 Å². The maximum absolute atomic E-state index is 12.4. The molecule has 0 fully saturated rings. The topological polar surface area (TPSA) is 37.4 Å². The van der Waals surface area contributed by atoms with E-state index in [2.05, 4.69) is 34.3 Å². The Labute approximate surface area is 126 Å². The van der Waals surface area contributed by atoms with Crippen molar-refractivity contribution in [2.24, 2.45) is 10.8 Å². The summed E-state index contributed by atoms with van der Waals surface area (Å²) in [4.78, 5) is 26.2. The molecule has 1 aliphatic heterocycles. The number of imide groups is 1. The van der Waals surface area contributed by atoms with E-state index in [9.17, 15) is 9.59 Å². The summed E-state index contributed by atoms with van der Waals surface area (Å²) >= 11 is 0. The standard InChI is InChI=1S/C18H23NO2/c1-6-17(2,3)11-18(4,5)12-19-15(20)13-9-7-8-10-14(13)16(19)21/h6-10H,1,11-12H2,2-5H3. The fourth-order valence-electron chi connectivity index (χ4n) is 3.17. The maximum atomic E-state index is 12.4. The molecule has 0 saturated heterocycles. The summed E-state index contributed by atoms with van der Waals surface area (Å²) in [5.41, 5.74) is 0.843. The van der Waals surface area contributed by atoms with Crippen LogP contribution in [0.4, 0.5) is 0 Å². The second-order valence-electron chi connectivity index (χ2n) is 7.28. The van der Waals surface area contributed by atoms with Crippen molar-refractivity contribution in [2.45, 2.75) is 34.1 Å². The van der Waals surface area contributed by atoms with Gasteiger partial charge in [-0.15, -0.1) is 6.58 Å². The Kier molecular flexibility index (Phi) is 3.79. The van der Waals surface area contributed by atoms with Gasteiger partial charge in [-0.1, -0.05) is 45.9 Å². The second kappa shape index (κ2) is 5.14.